The maximum absolute atomic E-state index is 12.6. The van der Waals surface area contributed by atoms with E-state index >= 15 is 0 Å². The van der Waals surface area contributed by atoms with Crippen molar-refractivity contribution < 1.29 is 4.79 Å². The molecule has 1 aliphatic rings. The number of nitrogens with zero attached hydrogens (tertiary/aromatic N) is 4. The molecule has 2 N–H and O–H groups in total. The van der Waals surface area contributed by atoms with E-state index in [0.717, 1.165) is 22.2 Å². The standard InChI is InChI=1S/C21H18N6O/c28-19(11-14-6-7-15-4-1-2-5-16(15)10-14)24-20-17-12-27(13-18(17)25-26-20)21-22-8-3-9-23-21/h1-10H,11-13H2,(H2,24,25,26,28). The van der Waals surface area contributed by atoms with Gasteiger partial charge < -0.3 is 10.2 Å². The van der Waals surface area contributed by atoms with Gasteiger partial charge in [-0.15, -0.1) is 0 Å². The molecule has 7 heteroatoms. The zero-order valence-corrected chi connectivity index (χ0v) is 15.1. The molecule has 0 aliphatic carbocycles. The lowest BCUT2D eigenvalue weighted by atomic mass is 10.0. The Morgan fingerprint density at radius 1 is 1.04 bits per heavy atom. The molecule has 0 spiro atoms. The summed E-state index contributed by atoms with van der Waals surface area (Å²) in [4.78, 5) is 23.2. The summed E-state index contributed by atoms with van der Waals surface area (Å²) in [5.41, 5.74) is 2.94. The molecule has 2 aromatic heterocycles. The van der Waals surface area contributed by atoms with Crippen molar-refractivity contribution in [2.24, 2.45) is 0 Å². The number of hydrogen-bond acceptors (Lipinski definition) is 5. The molecule has 0 bridgehead atoms. The molecule has 0 saturated carbocycles. The quantitative estimate of drug-likeness (QED) is 0.577. The second-order valence-electron chi connectivity index (χ2n) is 6.84. The molecule has 4 aromatic rings. The van der Waals surface area contributed by atoms with Gasteiger partial charge in [0, 0.05) is 18.0 Å². The first-order valence-corrected chi connectivity index (χ1v) is 9.12. The van der Waals surface area contributed by atoms with Gasteiger partial charge in [-0.1, -0.05) is 42.5 Å². The van der Waals surface area contributed by atoms with Crippen LogP contribution in [0.3, 0.4) is 0 Å². The molecule has 7 nitrogen and oxygen atoms in total. The Hall–Kier alpha value is -3.74. The van der Waals surface area contributed by atoms with Gasteiger partial charge in [0.15, 0.2) is 5.82 Å². The monoisotopic (exact) mass is 370 g/mol. The summed E-state index contributed by atoms with van der Waals surface area (Å²) in [6.45, 7) is 1.26. The number of aromatic amines is 1. The van der Waals surface area contributed by atoms with E-state index in [1.165, 1.54) is 5.39 Å². The Morgan fingerprint density at radius 2 is 1.86 bits per heavy atom. The van der Waals surface area contributed by atoms with Crippen molar-refractivity contribution in [3.63, 3.8) is 0 Å². The van der Waals surface area contributed by atoms with Crippen LogP contribution in [0.4, 0.5) is 11.8 Å². The summed E-state index contributed by atoms with van der Waals surface area (Å²) in [7, 11) is 0. The van der Waals surface area contributed by atoms with Crippen LogP contribution in [0, 0.1) is 0 Å². The second-order valence-corrected chi connectivity index (χ2v) is 6.84. The van der Waals surface area contributed by atoms with Crippen molar-refractivity contribution in [2.45, 2.75) is 19.5 Å². The number of H-pyrrole nitrogens is 1. The number of carbonyl (C=O) groups is 1. The first kappa shape index (κ1) is 16.4. The lowest BCUT2D eigenvalue weighted by molar-refractivity contribution is -0.115. The first-order chi connectivity index (χ1) is 13.8. The summed E-state index contributed by atoms with van der Waals surface area (Å²) >= 11 is 0. The molecular weight excluding hydrogens is 352 g/mol. The lowest BCUT2D eigenvalue weighted by Gasteiger charge is -2.14. The number of rotatable bonds is 4. The fourth-order valence-corrected chi connectivity index (χ4v) is 3.55. The molecule has 3 heterocycles. The third-order valence-corrected chi connectivity index (χ3v) is 4.92. The molecule has 0 atom stereocenters. The molecule has 1 aliphatic heterocycles. The molecule has 138 valence electrons. The normalized spacial score (nSPS) is 12.9. The van der Waals surface area contributed by atoms with Crippen LogP contribution in [0.15, 0.2) is 60.9 Å². The number of hydrogen-bond donors (Lipinski definition) is 2. The van der Waals surface area contributed by atoms with Crippen molar-refractivity contribution in [1.29, 1.82) is 0 Å². The number of amides is 1. The maximum atomic E-state index is 12.6. The van der Waals surface area contributed by atoms with Crippen molar-refractivity contribution in [1.82, 2.24) is 20.2 Å². The molecule has 0 saturated heterocycles. The van der Waals surface area contributed by atoms with E-state index < -0.39 is 0 Å². The van der Waals surface area contributed by atoms with Crippen LogP contribution < -0.4 is 10.2 Å². The Bertz CT molecular complexity index is 1150. The molecule has 0 unspecified atom stereocenters. The fourth-order valence-electron chi connectivity index (χ4n) is 3.55. The lowest BCUT2D eigenvalue weighted by Crippen LogP contribution is -2.19. The van der Waals surface area contributed by atoms with E-state index in [2.05, 4.69) is 43.7 Å². The average Bonchev–Trinajstić information content (AvgIpc) is 3.31. The zero-order chi connectivity index (χ0) is 18.9. The second kappa shape index (κ2) is 6.77. The average molecular weight is 370 g/mol. The summed E-state index contributed by atoms with van der Waals surface area (Å²) < 4.78 is 0. The first-order valence-electron chi connectivity index (χ1n) is 9.12. The van der Waals surface area contributed by atoms with Crippen LogP contribution in [0.25, 0.3) is 10.8 Å². The molecule has 0 fully saturated rings. The van der Waals surface area contributed by atoms with Gasteiger partial charge in [0.2, 0.25) is 11.9 Å². The van der Waals surface area contributed by atoms with Crippen LogP contribution in [-0.4, -0.2) is 26.1 Å². The highest BCUT2D eigenvalue weighted by atomic mass is 16.1. The summed E-state index contributed by atoms with van der Waals surface area (Å²) in [5.74, 6) is 1.17. The highest BCUT2D eigenvalue weighted by Gasteiger charge is 2.27. The minimum atomic E-state index is -0.0843. The molecule has 5 rings (SSSR count). The zero-order valence-electron chi connectivity index (χ0n) is 15.1. The predicted molar refractivity (Wildman–Crippen MR) is 107 cm³/mol. The van der Waals surface area contributed by atoms with Gasteiger partial charge in [-0.3, -0.25) is 9.89 Å². The maximum Gasteiger partial charge on any atom is 0.230 e. The van der Waals surface area contributed by atoms with Gasteiger partial charge >= 0.3 is 0 Å². The number of nitrogens with one attached hydrogen (secondary N) is 2. The van der Waals surface area contributed by atoms with E-state index in [0.29, 0.717) is 31.3 Å². The Kier molecular flexibility index (Phi) is 3.97. The number of aromatic nitrogens is 4. The van der Waals surface area contributed by atoms with Gasteiger partial charge in [0.05, 0.1) is 25.2 Å². The van der Waals surface area contributed by atoms with Gasteiger partial charge in [-0.2, -0.15) is 5.10 Å². The van der Waals surface area contributed by atoms with Gasteiger partial charge in [0.1, 0.15) is 0 Å². The highest BCUT2D eigenvalue weighted by molar-refractivity contribution is 5.93. The largest absolute Gasteiger partial charge is 0.330 e. The van der Waals surface area contributed by atoms with E-state index in [1.807, 2.05) is 29.2 Å². The van der Waals surface area contributed by atoms with Crippen molar-refractivity contribution in [3.05, 3.63) is 77.7 Å². The van der Waals surface area contributed by atoms with Crippen LogP contribution in [0.1, 0.15) is 16.8 Å². The highest BCUT2D eigenvalue weighted by Crippen LogP contribution is 2.29. The van der Waals surface area contributed by atoms with E-state index in [9.17, 15) is 4.79 Å². The van der Waals surface area contributed by atoms with Crippen molar-refractivity contribution in [2.75, 3.05) is 10.2 Å². The van der Waals surface area contributed by atoms with Gasteiger partial charge in [-0.05, 0) is 22.4 Å². The van der Waals surface area contributed by atoms with Gasteiger partial charge in [-0.25, -0.2) is 9.97 Å². The van der Waals surface area contributed by atoms with E-state index in [4.69, 9.17) is 0 Å². The topological polar surface area (TPSA) is 86.8 Å². The fraction of sp³-hybridized carbons (Fsp3) is 0.143. The third-order valence-electron chi connectivity index (χ3n) is 4.92. The number of carbonyl (C=O) groups excluding carboxylic acids is 1. The molecule has 0 radical (unpaired) electrons. The van der Waals surface area contributed by atoms with Crippen molar-refractivity contribution >= 4 is 28.4 Å². The van der Waals surface area contributed by atoms with Crippen LogP contribution in [0.2, 0.25) is 0 Å². The molecule has 1 amide bonds. The van der Waals surface area contributed by atoms with E-state index in [-0.39, 0.29) is 5.91 Å². The summed E-state index contributed by atoms with van der Waals surface area (Å²) in [6, 6.07) is 16.0. The van der Waals surface area contributed by atoms with Crippen molar-refractivity contribution in [3.8, 4) is 0 Å². The Labute approximate surface area is 161 Å². The molecule has 2 aromatic carbocycles. The minimum Gasteiger partial charge on any atom is -0.330 e. The van der Waals surface area contributed by atoms with E-state index in [1.54, 1.807) is 18.5 Å². The number of benzene rings is 2. The van der Waals surface area contributed by atoms with Gasteiger partial charge in [0.25, 0.3) is 0 Å². The third kappa shape index (κ3) is 3.07. The summed E-state index contributed by atoms with van der Waals surface area (Å²) in [6.07, 6.45) is 3.75. The molecular formula is C21H18N6O. The van der Waals surface area contributed by atoms with Crippen LogP contribution in [0.5, 0.6) is 0 Å². The number of anilines is 2. The minimum absolute atomic E-state index is 0.0843. The summed E-state index contributed by atoms with van der Waals surface area (Å²) in [5, 5.41) is 12.5. The van der Waals surface area contributed by atoms with Crippen LogP contribution in [-0.2, 0) is 24.3 Å². The smallest absolute Gasteiger partial charge is 0.230 e. The molecule has 28 heavy (non-hydrogen) atoms. The number of fused-ring (bicyclic) bond motifs is 2. The predicted octanol–water partition coefficient (Wildman–Crippen LogP) is 3.05. The van der Waals surface area contributed by atoms with Crippen LogP contribution >= 0.6 is 0 Å². The SMILES string of the molecule is O=C(Cc1ccc2ccccc2c1)Nc1n[nH]c2c1CN(c1ncccn1)C2. The Morgan fingerprint density at radius 3 is 2.71 bits per heavy atom. The Balaban J connectivity index is 1.29.